The van der Waals surface area contributed by atoms with Gasteiger partial charge in [-0.15, -0.1) is 0 Å². The van der Waals surface area contributed by atoms with Crippen LogP contribution in [0.25, 0.3) is 0 Å². The lowest BCUT2D eigenvalue weighted by Crippen LogP contribution is -2.46. The molecular formula is C11H12ClN3O3. The molecule has 1 saturated heterocycles. The number of nitro benzene ring substituents is 1. The van der Waals surface area contributed by atoms with E-state index in [1.807, 2.05) is 0 Å². The maximum atomic E-state index is 12.2. The number of hydrogen-bond acceptors (Lipinski definition) is 4. The number of nitro groups is 1. The number of nitrogens with zero attached hydrogens (tertiary/aromatic N) is 2. The van der Waals surface area contributed by atoms with Gasteiger partial charge in [-0.25, -0.2) is 0 Å². The van der Waals surface area contributed by atoms with Crippen molar-refractivity contribution in [1.29, 1.82) is 0 Å². The van der Waals surface area contributed by atoms with Crippen molar-refractivity contribution in [3.63, 3.8) is 0 Å². The summed E-state index contributed by atoms with van der Waals surface area (Å²) in [5, 5.41) is 14.3. The molecule has 7 heteroatoms. The Morgan fingerprint density at radius 1 is 1.39 bits per heavy atom. The number of benzene rings is 1. The van der Waals surface area contributed by atoms with E-state index in [0.717, 1.165) is 0 Å². The summed E-state index contributed by atoms with van der Waals surface area (Å²) in [5.41, 5.74) is -0.155. The monoisotopic (exact) mass is 269 g/mol. The van der Waals surface area contributed by atoms with E-state index in [-0.39, 0.29) is 17.2 Å². The first-order valence-corrected chi connectivity index (χ1v) is 5.91. The SMILES string of the molecule is O=C(c1cc(Cl)ccc1[N+](=O)[O-])N1CCNCC1. The van der Waals surface area contributed by atoms with Gasteiger partial charge in [0.05, 0.1) is 4.92 Å². The van der Waals surface area contributed by atoms with Crippen LogP contribution in [-0.2, 0) is 0 Å². The van der Waals surface area contributed by atoms with Crippen LogP contribution in [0.1, 0.15) is 10.4 Å². The molecule has 0 unspecified atom stereocenters. The molecule has 6 nitrogen and oxygen atoms in total. The number of carbonyl (C=O) groups is 1. The summed E-state index contributed by atoms with van der Waals surface area (Å²) in [6.45, 7) is 2.48. The zero-order chi connectivity index (χ0) is 13.1. The molecule has 1 aliphatic rings. The van der Waals surface area contributed by atoms with Crippen LogP contribution in [0.5, 0.6) is 0 Å². The van der Waals surface area contributed by atoms with Gasteiger partial charge < -0.3 is 10.2 Å². The van der Waals surface area contributed by atoms with E-state index in [1.165, 1.54) is 18.2 Å². The lowest BCUT2D eigenvalue weighted by molar-refractivity contribution is -0.385. The summed E-state index contributed by atoms with van der Waals surface area (Å²) < 4.78 is 0. The highest BCUT2D eigenvalue weighted by molar-refractivity contribution is 6.31. The van der Waals surface area contributed by atoms with E-state index < -0.39 is 4.92 Å². The molecule has 0 saturated carbocycles. The van der Waals surface area contributed by atoms with E-state index in [2.05, 4.69) is 5.32 Å². The van der Waals surface area contributed by atoms with Crippen LogP contribution in [0.15, 0.2) is 18.2 Å². The third-order valence-electron chi connectivity index (χ3n) is 2.79. The molecule has 0 radical (unpaired) electrons. The number of hydrogen-bond donors (Lipinski definition) is 1. The number of halogens is 1. The Morgan fingerprint density at radius 2 is 2.06 bits per heavy atom. The topological polar surface area (TPSA) is 75.5 Å². The van der Waals surface area contributed by atoms with Gasteiger partial charge in [0.2, 0.25) is 0 Å². The van der Waals surface area contributed by atoms with Crippen LogP contribution in [0.3, 0.4) is 0 Å². The maximum Gasteiger partial charge on any atom is 0.282 e. The predicted molar refractivity (Wildman–Crippen MR) is 66.9 cm³/mol. The minimum absolute atomic E-state index is 0.0504. The highest BCUT2D eigenvalue weighted by atomic mass is 35.5. The average Bonchev–Trinajstić information content (AvgIpc) is 2.38. The molecule has 18 heavy (non-hydrogen) atoms. The van der Waals surface area contributed by atoms with Gasteiger partial charge >= 0.3 is 0 Å². The second-order valence-corrected chi connectivity index (χ2v) is 4.40. The molecule has 96 valence electrons. The number of nitrogens with one attached hydrogen (secondary N) is 1. The van der Waals surface area contributed by atoms with Crippen LogP contribution in [-0.4, -0.2) is 41.9 Å². The summed E-state index contributed by atoms with van der Waals surface area (Å²) in [6, 6.07) is 4.02. The predicted octanol–water partition coefficient (Wildman–Crippen LogP) is 1.29. The van der Waals surface area contributed by atoms with E-state index in [9.17, 15) is 14.9 Å². The number of carbonyl (C=O) groups excluding carboxylic acids is 1. The minimum atomic E-state index is -0.564. The van der Waals surface area contributed by atoms with E-state index >= 15 is 0 Å². The van der Waals surface area contributed by atoms with Crippen LogP contribution < -0.4 is 5.32 Å². The fourth-order valence-electron chi connectivity index (χ4n) is 1.88. The lowest BCUT2D eigenvalue weighted by Gasteiger charge is -2.27. The second kappa shape index (κ2) is 5.32. The van der Waals surface area contributed by atoms with Crippen molar-refractivity contribution in [3.8, 4) is 0 Å². The summed E-state index contributed by atoms with van der Waals surface area (Å²) in [7, 11) is 0. The first-order valence-electron chi connectivity index (χ1n) is 5.53. The first kappa shape index (κ1) is 12.8. The third-order valence-corrected chi connectivity index (χ3v) is 3.03. The fraction of sp³-hybridized carbons (Fsp3) is 0.364. The van der Waals surface area contributed by atoms with Crippen molar-refractivity contribution in [2.75, 3.05) is 26.2 Å². The molecule has 2 rings (SSSR count). The average molecular weight is 270 g/mol. The van der Waals surface area contributed by atoms with Crippen molar-refractivity contribution in [2.45, 2.75) is 0 Å². The zero-order valence-electron chi connectivity index (χ0n) is 9.56. The Bertz CT molecular complexity index is 486. The van der Waals surface area contributed by atoms with Gasteiger partial charge in [-0.1, -0.05) is 11.6 Å². The lowest BCUT2D eigenvalue weighted by atomic mass is 10.1. The molecule has 0 aliphatic carbocycles. The Hall–Kier alpha value is -1.66. The molecule has 1 N–H and O–H groups in total. The number of amides is 1. The van der Waals surface area contributed by atoms with Crippen molar-refractivity contribution in [1.82, 2.24) is 10.2 Å². The largest absolute Gasteiger partial charge is 0.336 e. The molecule has 0 atom stereocenters. The molecule has 1 aromatic carbocycles. The van der Waals surface area contributed by atoms with Gasteiger partial charge in [0, 0.05) is 37.3 Å². The Labute approximate surface area is 109 Å². The van der Waals surface area contributed by atoms with Crippen LogP contribution >= 0.6 is 11.6 Å². The van der Waals surface area contributed by atoms with E-state index in [4.69, 9.17) is 11.6 Å². The van der Waals surface area contributed by atoms with Gasteiger partial charge in [0.25, 0.3) is 11.6 Å². The van der Waals surface area contributed by atoms with E-state index in [1.54, 1.807) is 4.90 Å². The van der Waals surface area contributed by atoms with Gasteiger partial charge in [0.1, 0.15) is 5.56 Å². The van der Waals surface area contributed by atoms with Crippen LogP contribution in [0.2, 0.25) is 5.02 Å². The fourth-order valence-corrected chi connectivity index (χ4v) is 2.05. The highest BCUT2D eigenvalue weighted by Crippen LogP contribution is 2.24. The maximum absolute atomic E-state index is 12.2. The molecule has 1 heterocycles. The second-order valence-electron chi connectivity index (χ2n) is 3.96. The van der Waals surface area contributed by atoms with Crippen LogP contribution in [0, 0.1) is 10.1 Å². The molecule has 1 fully saturated rings. The van der Waals surface area contributed by atoms with Gasteiger partial charge in [-0.2, -0.15) is 0 Å². The quantitative estimate of drug-likeness (QED) is 0.648. The molecule has 1 aromatic rings. The smallest absolute Gasteiger partial charge is 0.282 e. The van der Waals surface area contributed by atoms with Gasteiger partial charge in [0.15, 0.2) is 0 Å². The Kier molecular flexibility index (Phi) is 3.78. The molecule has 0 spiro atoms. The number of piperazine rings is 1. The summed E-state index contributed by atoms with van der Waals surface area (Å²) in [6.07, 6.45) is 0. The first-order chi connectivity index (χ1) is 8.59. The zero-order valence-corrected chi connectivity index (χ0v) is 10.3. The molecule has 0 bridgehead atoms. The summed E-state index contributed by atoms with van der Waals surface area (Å²) >= 11 is 5.80. The molecule has 1 aliphatic heterocycles. The molecule has 1 amide bonds. The number of rotatable bonds is 2. The Balaban J connectivity index is 2.33. The van der Waals surface area contributed by atoms with Gasteiger partial charge in [-0.05, 0) is 12.1 Å². The van der Waals surface area contributed by atoms with E-state index in [0.29, 0.717) is 31.2 Å². The molecular weight excluding hydrogens is 258 g/mol. The van der Waals surface area contributed by atoms with Gasteiger partial charge in [-0.3, -0.25) is 14.9 Å². The Morgan fingerprint density at radius 3 is 2.67 bits per heavy atom. The standard InChI is InChI=1S/C11H12ClN3O3/c12-8-1-2-10(15(17)18)9(7-8)11(16)14-5-3-13-4-6-14/h1-2,7,13H,3-6H2. The third kappa shape index (κ3) is 2.60. The van der Waals surface area contributed by atoms with Crippen molar-refractivity contribution >= 4 is 23.2 Å². The summed E-state index contributed by atoms with van der Waals surface area (Å²) in [5.74, 6) is -0.342. The van der Waals surface area contributed by atoms with Crippen molar-refractivity contribution in [2.24, 2.45) is 0 Å². The normalized spacial score (nSPS) is 15.5. The minimum Gasteiger partial charge on any atom is -0.336 e. The molecule has 0 aromatic heterocycles. The summed E-state index contributed by atoms with van der Waals surface area (Å²) in [4.78, 5) is 24.1. The van der Waals surface area contributed by atoms with Crippen molar-refractivity contribution < 1.29 is 9.72 Å². The highest BCUT2D eigenvalue weighted by Gasteiger charge is 2.25. The van der Waals surface area contributed by atoms with Crippen LogP contribution in [0.4, 0.5) is 5.69 Å². The van der Waals surface area contributed by atoms with Crippen molar-refractivity contribution in [3.05, 3.63) is 38.9 Å².